The number of hydrogen-bond acceptors (Lipinski definition) is 3. The summed E-state index contributed by atoms with van der Waals surface area (Å²) in [6.07, 6.45) is 1.73. The number of epoxide rings is 1. The topological polar surface area (TPSA) is 25.7 Å². The monoisotopic (exact) mass is 184 g/mol. The maximum Gasteiger partial charge on any atom is 0.114 e. The molecule has 0 bridgehead atoms. The van der Waals surface area contributed by atoms with Crippen molar-refractivity contribution in [2.24, 2.45) is 0 Å². The maximum absolute atomic E-state index is 5.28. The average Bonchev–Trinajstić information content (AvgIpc) is 2.61. The van der Waals surface area contributed by atoms with E-state index in [4.69, 9.17) is 9.15 Å². The molecule has 1 atom stereocenters. The summed E-state index contributed by atoms with van der Waals surface area (Å²) < 4.78 is 10.5. The van der Waals surface area contributed by atoms with Crippen LogP contribution in [0.4, 0.5) is 0 Å². The van der Waals surface area contributed by atoms with Gasteiger partial charge in [0.2, 0.25) is 0 Å². The highest BCUT2D eigenvalue weighted by Gasteiger charge is 2.39. The molecule has 1 fully saturated rings. The van der Waals surface area contributed by atoms with Gasteiger partial charge in [-0.2, -0.15) is 0 Å². The number of rotatable bonds is 3. The summed E-state index contributed by atoms with van der Waals surface area (Å²) >= 11 is 1.80. The second-order valence-corrected chi connectivity index (χ2v) is 4.39. The van der Waals surface area contributed by atoms with Gasteiger partial charge in [0.25, 0.3) is 0 Å². The first kappa shape index (κ1) is 8.20. The summed E-state index contributed by atoms with van der Waals surface area (Å²) in [5.41, 5.74) is 0.133. The van der Waals surface area contributed by atoms with Gasteiger partial charge in [-0.15, -0.1) is 11.8 Å². The first-order valence-electron chi connectivity index (χ1n) is 4.00. The van der Waals surface area contributed by atoms with Crippen LogP contribution in [-0.4, -0.2) is 18.0 Å². The van der Waals surface area contributed by atoms with Crippen molar-refractivity contribution in [1.29, 1.82) is 0 Å². The lowest BCUT2D eigenvalue weighted by atomic mass is 10.3. The highest BCUT2D eigenvalue weighted by atomic mass is 32.2. The van der Waals surface area contributed by atoms with Gasteiger partial charge in [-0.3, -0.25) is 0 Å². The Hall–Kier alpha value is -0.410. The molecule has 66 valence electrons. The minimum Gasteiger partial charge on any atom is -0.468 e. The van der Waals surface area contributed by atoms with E-state index in [2.05, 4.69) is 6.92 Å². The molecule has 1 aliphatic rings. The largest absolute Gasteiger partial charge is 0.468 e. The summed E-state index contributed by atoms with van der Waals surface area (Å²) in [5, 5.41) is 0. The van der Waals surface area contributed by atoms with Crippen LogP contribution in [0, 0.1) is 6.92 Å². The van der Waals surface area contributed by atoms with Gasteiger partial charge >= 0.3 is 0 Å². The molecule has 1 aromatic heterocycles. The van der Waals surface area contributed by atoms with Crippen LogP contribution in [-0.2, 0) is 4.74 Å². The van der Waals surface area contributed by atoms with Crippen LogP contribution >= 0.6 is 11.8 Å². The molecule has 1 aliphatic heterocycles. The fourth-order valence-electron chi connectivity index (χ4n) is 0.960. The maximum atomic E-state index is 5.28. The molecule has 0 amide bonds. The Morgan fingerprint density at radius 2 is 2.42 bits per heavy atom. The summed E-state index contributed by atoms with van der Waals surface area (Å²) in [5.74, 6) is 2.03. The Labute approximate surface area is 76.3 Å². The molecule has 12 heavy (non-hydrogen) atoms. The Morgan fingerprint density at radius 1 is 1.67 bits per heavy atom. The van der Waals surface area contributed by atoms with Gasteiger partial charge in [0.05, 0.1) is 18.5 Å². The summed E-state index contributed by atoms with van der Waals surface area (Å²) in [7, 11) is 0. The van der Waals surface area contributed by atoms with Crippen molar-refractivity contribution in [2.45, 2.75) is 24.3 Å². The van der Waals surface area contributed by atoms with Crippen LogP contribution in [0.15, 0.2) is 21.6 Å². The number of hydrogen-bond donors (Lipinski definition) is 0. The predicted molar refractivity (Wildman–Crippen MR) is 48.5 cm³/mol. The normalized spacial score (nSPS) is 27.5. The standard InChI is InChI=1S/C9H12O2S/c1-7-8(3-4-10-7)12-6-9(2)5-11-9/h3-4H,5-6H2,1-2H3. The molecule has 2 rings (SSSR count). The van der Waals surface area contributed by atoms with E-state index in [1.165, 1.54) is 4.90 Å². The zero-order valence-electron chi connectivity index (χ0n) is 7.29. The highest BCUT2D eigenvalue weighted by Crippen LogP contribution is 2.34. The zero-order chi connectivity index (χ0) is 8.60. The van der Waals surface area contributed by atoms with Gasteiger partial charge in [0, 0.05) is 10.6 Å². The average molecular weight is 184 g/mol. The molecular weight excluding hydrogens is 172 g/mol. The molecule has 2 heterocycles. The molecule has 0 spiro atoms. The van der Waals surface area contributed by atoms with Crippen molar-refractivity contribution in [3.63, 3.8) is 0 Å². The Bertz CT molecular complexity index is 276. The number of thioether (sulfide) groups is 1. The van der Waals surface area contributed by atoms with Crippen LogP contribution in [0.25, 0.3) is 0 Å². The van der Waals surface area contributed by atoms with Crippen molar-refractivity contribution in [1.82, 2.24) is 0 Å². The lowest BCUT2D eigenvalue weighted by Crippen LogP contribution is -2.07. The van der Waals surface area contributed by atoms with Crippen molar-refractivity contribution in [3.8, 4) is 0 Å². The van der Waals surface area contributed by atoms with E-state index in [1.807, 2.05) is 13.0 Å². The number of aryl methyl sites for hydroxylation is 1. The smallest absolute Gasteiger partial charge is 0.114 e. The van der Waals surface area contributed by atoms with Crippen LogP contribution < -0.4 is 0 Å². The van der Waals surface area contributed by atoms with E-state index in [0.717, 1.165) is 18.1 Å². The third kappa shape index (κ3) is 1.67. The minimum absolute atomic E-state index is 0.133. The third-order valence-electron chi connectivity index (χ3n) is 1.98. The number of furan rings is 1. The highest BCUT2D eigenvalue weighted by molar-refractivity contribution is 7.99. The summed E-state index contributed by atoms with van der Waals surface area (Å²) in [6, 6.07) is 2.01. The fraction of sp³-hybridized carbons (Fsp3) is 0.556. The minimum atomic E-state index is 0.133. The molecule has 3 heteroatoms. The third-order valence-corrected chi connectivity index (χ3v) is 3.47. The fourth-order valence-corrected chi connectivity index (χ4v) is 1.99. The SMILES string of the molecule is Cc1occc1SCC1(C)CO1. The quantitative estimate of drug-likeness (QED) is 0.533. The van der Waals surface area contributed by atoms with Crippen molar-refractivity contribution >= 4 is 11.8 Å². The van der Waals surface area contributed by atoms with E-state index >= 15 is 0 Å². The van der Waals surface area contributed by atoms with Crippen LogP contribution in [0.2, 0.25) is 0 Å². The van der Waals surface area contributed by atoms with E-state index in [0.29, 0.717) is 0 Å². The molecule has 0 radical (unpaired) electrons. The van der Waals surface area contributed by atoms with Crippen molar-refractivity contribution in [3.05, 3.63) is 18.1 Å². The van der Waals surface area contributed by atoms with Gasteiger partial charge in [-0.1, -0.05) is 0 Å². The molecule has 1 unspecified atom stereocenters. The van der Waals surface area contributed by atoms with E-state index < -0.39 is 0 Å². The first-order chi connectivity index (χ1) is 5.70. The second kappa shape index (κ2) is 2.82. The van der Waals surface area contributed by atoms with Crippen molar-refractivity contribution in [2.75, 3.05) is 12.4 Å². The Morgan fingerprint density at radius 3 is 2.92 bits per heavy atom. The van der Waals surface area contributed by atoms with Crippen LogP contribution in [0.1, 0.15) is 12.7 Å². The molecule has 0 saturated carbocycles. The van der Waals surface area contributed by atoms with E-state index in [9.17, 15) is 0 Å². The second-order valence-electron chi connectivity index (χ2n) is 3.37. The van der Waals surface area contributed by atoms with E-state index in [1.54, 1.807) is 18.0 Å². The molecule has 0 aromatic carbocycles. The molecule has 0 N–H and O–H groups in total. The lowest BCUT2D eigenvalue weighted by molar-refractivity contribution is 0.348. The number of ether oxygens (including phenoxy) is 1. The van der Waals surface area contributed by atoms with Crippen molar-refractivity contribution < 1.29 is 9.15 Å². The summed E-state index contributed by atoms with van der Waals surface area (Å²) in [4.78, 5) is 1.23. The zero-order valence-corrected chi connectivity index (χ0v) is 8.11. The van der Waals surface area contributed by atoms with Gasteiger partial charge in [0.15, 0.2) is 0 Å². The molecule has 0 aliphatic carbocycles. The van der Waals surface area contributed by atoms with Gasteiger partial charge in [-0.05, 0) is 19.9 Å². The summed E-state index contributed by atoms with van der Waals surface area (Å²) in [6.45, 7) is 5.02. The van der Waals surface area contributed by atoms with E-state index in [-0.39, 0.29) is 5.60 Å². The molecule has 2 nitrogen and oxygen atoms in total. The Balaban J connectivity index is 1.91. The van der Waals surface area contributed by atoms with Crippen LogP contribution in [0.5, 0.6) is 0 Å². The molecule has 1 saturated heterocycles. The van der Waals surface area contributed by atoms with Gasteiger partial charge in [0.1, 0.15) is 5.76 Å². The molecular formula is C9H12O2S. The molecule has 1 aromatic rings. The Kier molecular flexibility index (Phi) is 1.93. The van der Waals surface area contributed by atoms with Gasteiger partial charge < -0.3 is 9.15 Å². The predicted octanol–water partition coefficient (Wildman–Crippen LogP) is 2.47. The first-order valence-corrected chi connectivity index (χ1v) is 4.99. The van der Waals surface area contributed by atoms with Gasteiger partial charge in [-0.25, -0.2) is 0 Å². The van der Waals surface area contributed by atoms with Crippen LogP contribution in [0.3, 0.4) is 0 Å². The lowest BCUT2D eigenvalue weighted by Gasteiger charge is -2.02.